The summed E-state index contributed by atoms with van der Waals surface area (Å²) in [6.07, 6.45) is 0.386. The van der Waals surface area contributed by atoms with Crippen LogP contribution in [0.3, 0.4) is 0 Å². The van der Waals surface area contributed by atoms with Gasteiger partial charge in [0.1, 0.15) is 0 Å². The molecule has 114 valence electrons. The van der Waals surface area contributed by atoms with Crippen LogP contribution in [0.15, 0.2) is 48.5 Å². The average molecular weight is 320 g/mol. The van der Waals surface area contributed by atoms with Crippen molar-refractivity contribution in [3.05, 3.63) is 69.2 Å². The Morgan fingerprint density at radius 3 is 2.55 bits per heavy atom. The lowest BCUT2D eigenvalue weighted by molar-refractivity contribution is -0.384. The molecular formula is C15H14ClN3O3. The molecule has 3 N–H and O–H groups in total. The number of anilines is 1. The van der Waals surface area contributed by atoms with E-state index in [2.05, 4.69) is 5.32 Å². The lowest BCUT2D eigenvalue weighted by Gasteiger charge is -2.13. The van der Waals surface area contributed by atoms with Crippen molar-refractivity contribution >= 4 is 28.9 Å². The molecule has 0 aliphatic carbocycles. The van der Waals surface area contributed by atoms with Gasteiger partial charge in [-0.2, -0.15) is 0 Å². The second-order valence-electron chi connectivity index (χ2n) is 4.71. The summed E-state index contributed by atoms with van der Waals surface area (Å²) >= 11 is 5.92. The van der Waals surface area contributed by atoms with Crippen molar-refractivity contribution in [1.82, 2.24) is 0 Å². The van der Waals surface area contributed by atoms with Crippen LogP contribution in [-0.2, 0) is 11.2 Å². The molecule has 0 aromatic heterocycles. The number of benzene rings is 2. The van der Waals surface area contributed by atoms with Crippen LogP contribution in [-0.4, -0.2) is 16.9 Å². The van der Waals surface area contributed by atoms with Gasteiger partial charge in [-0.3, -0.25) is 14.9 Å². The van der Waals surface area contributed by atoms with Gasteiger partial charge in [0, 0.05) is 12.1 Å². The van der Waals surface area contributed by atoms with E-state index in [1.165, 1.54) is 18.2 Å². The fourth-order valence-corrected chi connectivity index (χ4v) is 2.13. The van der Waals surface area contributed by atoms with Crippen LogP contribution in [0, 0.1) is 10.1 Å². The predicted molar refractivity (Wildman–Crippen MR) is 84.9 cm³/mol. The molecule has 0 heterocycles. The number of nitrogens with two attached hydrogens (primary N) is 1. The van der Waals surface area contributed by atoms with E-state index in [4.69, 9.17) is 17.3 Å². The highest BCUT2D eigenvalue weighted by molar-refractivity contribution is 6.34. The van der Waals surface area contributed by atoms with Crippen LogP contribution in [0.5, 0.6) is 0 Å². The van der Waals surface area contributed by atoms with Gasteiger partial charge < -0.3 is 11.1 Å². The Morgan fingerprint density at radius 1 is 1.27 bits per heavy atom. The molecular weight excluding hydrogens is 306 g/mol. The summed E-state index contributed by atoms with van der Waals surface area (Å²) in [7, 11) is 0. The maximum atomic E-state index is 12.1. The summed E-state index contributed by atoms with van der Waals surface area (Å²) in [5.41, 5.74) is 6.96. The Bertz CT molecular complexity index is 692. The van der Waals surface area contributed by atoms with E-state index >= 15 is 0 Å². The number of amides is 1. The van der Waals surface area contributed by atoms with Gasteiger partial charge in [-0.1, -0.05) is 41.9 Å². The number of hydrogen-bond donors (Lipinski definition) is 2. The highest BCUT2D eigenvalue weighted by Gasteiger charge is 2.17. The summed E-state index contributed by atoms with van der Waals surface area (Å²) in [6, 6.07) is 12.5. The van der Waals surface area contributed by atoms with Crippen molar-refractivity contribution in [1.29, 1.82) is 0 Å². The molecule has 0 aliphatic heterocycles. The molecule has 0 fully saturated rings. The first kappa shape index (κ1) is 15.9. The second kappa shape index (κ2) is 7.02. The summed E-state index contributed by atoms with van der Waals surface area (Å²) in [5.74, 6) is -0.403. The van der Waals surface area contributed by atoms with E-state index in [1.54, 1.807) is 0 Å². The monoisotopic (exact) mass is 319 g/mol. The fourth-order valence-electron chi connectivity index (χ4n) is 1.91. The standard InChI is InChI=1S/C15H14ClN3O3/c16-12-9-11(19(21)22)6-7-14(12)18-15(20)13(17)8-10-4-2-1-3-5-10/h1-7,9,13H,8,17H2,(H,18,20). The van der Waals surface area contributed by atoms with Crippen molar-refractivity contribution in [2.75, 3.05) is 5.32 Å². The third kappa shape index (κ3) is 4.03. The molecule has 7 heteroatoms. The molecule has 0 aliphatic rings. The molecule has 0 bridgehead atoms. The predicted octanol–water partition coefficient (Wildman–Crippen LogP) is 2.76. The van der Waals surface area contributed by atoms with Gasteiger partial charge in [-0.25, -0.2) is 0 Å². The molecule has 0 radical (unpaired) electrons. The lowest BCUT2D eigenvalue weighted by atomic mass is 10.1. The zero-order chi connectivity index (χ0) is 16.1. The van der Waals surface area contributed by atoms with Gasteiger partial charge in [0.25, 0.3) is 5.69 Å². The van der Waals surface area contributed by atoms with Gasteiger partial charge in [0.2, 0.25) is 5.91 Å². The Kier molecular flexibility index (Phi) is 5.08. The summed E-state index contributed by atoms with van der Waals surface area (Å²) in [5, 5.41) is 13.3. The van der Waals surface area contributed by atoms with Crippen LogP contribution in [0.25, 0.3) is 0 Å². The zero-order valence-electron chi connectivity index (χ0n) is 11.5. The number of nitro benzene ring substituents is 1. The van der Waals surface area contributed by atoms with E-state index in [1.807, 2.05) is 30.3 Å². The maximum absolute atomic E-state index is 12.1. The SMILES string of the molecule is NC(Cc1ccccc1)C(=O)Nc1ccc([N+](=O)[O-])cc1Cl. The smallest absolute Gasteiger partial charge is 0.271 e. The number of nitrogens with zero attached hydrogens (tertiary/aromatic N) is 1. The summed E-state index contributed by atoms with van der Waals surface area (Å²) in [4.78, 5) is 22.1. The first-order valence-electron chi connectivity index (χ1n) is 6.51. The minimum absolute atomic E-state index is 0.0921. The molecule has 6 nitrogen and oxygen atoms in total. The summed E-state index contributed by atoms with van der Waals surface area (Å²) < 4.78 is 0. The van der Waals surface area contributed by atoms with Crippen LogP contribution in [0.4, 0.5) is 11.4 Å². The van der Waals surface area contributed by atoms with E-state index in [-0.39, 0.29) is 10.7 Å². The zero-order valence-corrected chi connectivity index (χ0v) is 12.3. The molecule has 22 heavy (non-hydrogen) atoms. The van der Waals surface area contributed by atoms with Gasteiger partial charge in [-0.15, -0.1) is 0 Å². The van der Waals surface area contributed by atoms with Gasteiger partial charge >= 0.3 is 0 Å². The Labute approximate surface area is 132 Å². The van der Waals surface area contributed by atoms with E-state index in [0.29, 0.717) is 12.1 Å². The largest absolute Gasteiger partial charge is 0.323 e. The van der Waals surface area contributed by atoms with Gasteiger partial charge in [0.05, 0.1) is 21.7 Å². The van der Waals surface area contributed by atoms with Crippen molar-refractivity contribution in [2.24, 2.45) is 5.73 Å². The molecule has 0 spiro atoms. The molecule has 1 amide bonds. The molecule has 1 unspecified atom stereocenters. The number of halogens is 1. The minimum Gasteiger partial charge on any atom is -0.323 e. The third-order valence-electron chi connectivity index (χ3n) is 3.06. The third-order valence-corrected chi connectivity index (χ3v) is 3.37. The first-order valence-corrected chi connectivity index (χ1v) is 6.89. The number of nitrogens with one attached hydrogen (secondary N) is 1. The van der Waals surface area contributed by atoms with Crippen LogP contribution < -0.4 is 11.1 Å². The van der Waals surface area contributed by atoms with E-state index in [9.17, 15) is 14.9 Å². The molecule has 2 rings (SSSR count). The second-order valence-corrected chi connectivity index (χ2v) is 5.11. The average Bonchev–Trinajstić information content (AvgIpc) is 2.50. The number of non-ortho nitro benzene ring substituents is 1. The molecule has 0 saturated carbocycles. The molecule has 2 aromatic carbocycles. The Morgan fingerprint density at radius 2 is 1.95 bits per heavy atom. The van der Waals surface area contributed by atoms with E-state index in [0.717, 1.165) is 5.56 Å². The number of carbonyl (C=O) groups is 1. The van der Waals surface area contributed by atoms with Crippen LogP contribution in [0.2, 0.25) is 5.02 Å². The molecule has 1 atom stereocenters. The van der Waals surface area contributed by atoms with Crippen molar-refractivity contribution in [3.8, 4) is 0 Å². The lowest BCUT2D eigenvalue weighted by Crippen LogP contribution is -2.37. The van der Waals surface area contributed by atoms with Crippen LogP contribution >= 0.6 is 11.6 Å². The van der Waals surface area contributed by atoms with Gasteiger partial charge in [0.15, 0.2) is 0 Å². The quantitative estimate of drug-likeness (QED) is 0.654. The van der Waals surface area contributed by atoms with Gasteiger partial charge in [-0.05, 0) is 18.1 Å². The van der Waals surface area contributed by atoms with Crippen LogP contribution in [0.1, 0.15) is 5.56 Å². The highest BCUT2D eigenvalue weighted by Crippen LogP contribution is 2.26. The molecule has 2 aromatic rings. The number of hydrogen-bond acceptors (Lipinski definition) is 4. The minimum atomic E-state index is -0.742. The van der Waals surface area contributed by atoms with Crippen molar-refractivity contribution in [2.45, 2.75) is 12.5 Å². The fraction of sp³-hybridized carbons (Fsp3) is 0.133. The topological polar surface area (TPSA) is 98.3 Å². The summed E-state index contributed by atoms with van der Waals surface area (Å²) in [6.45, 7) is 0. The number of rotatable bonds is 5. The normalized spacial score (nSPS) is 11.7. The Balaban J connectivity index is 2.04. The highest BCUT2D eigenvalue weighted by atomic mass is 35.5. The Hall–Kier alpha value is -2.44. The number of carbonyl (C=O) groups excluding carboxylic acids is 1. The van der Waals surface area contributed by atoms with Crippen molar-refractivity contribution < 1.29 is 9.72 Å². The first-order chi connectivity index (χ1) is 10.5. The van der Waals surface area contributed by atoms with E-state index < -0.39 is 16.9 Å². The van der Waals surface area contributed by atoms with Crippen molar-refractivity contribution in [3.63, 3.8) is 0 Å². The number of nitro groups is 1. The molecule has 0 saturated heterocycles. The maximum Gasteiger partial charge on any atom is 0.271 e.